The predicted octanol–water partition coefficient (Wildman–Crippen LogP) is 2.06. The monoisotopic (exact) mass is 213 g/mol. The van der Waals surface area contributed by atoms with Gasteiger partial charge in [0.1, 0.15) is 0 Å². The molecule has 1 saturated carbocycles. The highest BCUT2D eigenvalue weighted by Crippen LogP contribution is 2.31. The van der Waals surface area contributed by atoms with Gasteiger partial charge in [0.05, 0.1) is 13.5 Å². The molecule has 15 heavy (non-hydrogen) atoms. The summed E-state index contributed by atoms with van der Waals surface area (Å²) in [6.07, 6.45) is 3.21. The van der Waals surface area contributed by atoms with Gasteiger partial charge < -0.3 is 4.74 Å². The van der Waals surface area contributed by atoms with Gasteiger partial charge in [-0.1, -0.05) is 0 Å². The van der Waals surface area contributed by atoms with Crippen LogP contribution in [0.3, 0.4) is 0 Å². The van der Waals surface area contributed by atoms with E-state index in [-0.39, 0.29) is 12.0 Å². The Bertz CT molecular complexity index is 212. The first-order valence-electron chi connectivity index (χ1n) is 5.87. The van der Waals surface area contributed by atoms with Gasteiger partial charge in [-0.25, -0.2) is 0 Å². The van der Waals surface area contributed by atoms with Gasteiger partial charge in [-0.2, -0.15) is 0 Å². The minimum absolute atomic E-state index is 0.107. The fourth-order valence-corrected chi connectivity index (χ4v) is 1.94. The molecule has 1 rings (SSSR count). The van der Waals surface area contributed by atoms with Gasteiger partial charge in [0, 0.05) is 18.6 Å². The SMILES string of the molecule is COC(=O)CC(C)N(CC1CC1)C(C)C. The summed E-state index contributed by atoms with van der Waals surface area (Å²) >= 11 is 0. The van der Waals surface area contributed by atoms with Crippen molar-refractivity contribution < 1.29 is 9.53 Å². The van der Waals surface area contributed by atoms with Crippen LogP contribution in [0.1, 0.15) is 40.0 Å². The number of methoxy groups -OCH3 is 1. The van der Waals surface area contributed by atoms with Crippen LogP contribution in [0.5, 0.6) is 0 Å². The second-order valence-electron chi connectivity index (χ2n) is 4.86. The quantitative estimate of drug-likeness (QED) is 0.632. The zero-order valence-corrected chi connectivity index (χ0v) is 10.3. The van der Waals surface area contributed by atoms with Crippen molar-refractivity contribution in [1.82, 2.24) is 4.90 Å². The average Bonchev–Trinajstić information content (AvgIpc) is 2.96. The summed E-state index contributed by atoms with van der Waals surface area (Å²) in [4.78, 5) is 13.6. The van der Waals surface area contributed by atoms with E-state index in [0.717, 1.165) is 12.5 Å². The third-order valence-electron chi connectivity index (χ3n) is 3.09. The van der Waals surface area contributed by atoms with Gasteiger partial charge >= 0.3 is 5.97 Å². The Morgan fingerprint density at radius 3 is 2.40 bits per heavy atom. The maximum absolute atomic E-state index is 11.2. The predicted molar refractivity (Wildman–Crippen MR) is 60.7 cm³/mol. The smallest absolute Gasteiger partial charge is 0.307 e. The Morgan fingerprint density at radius 1 is 1.40 bits per heavy atom. The third-order valence-corrected chi connectivity index (χ3v) is 3.09. The van der Waals surface area contributed by atoms with E-state index in [4.69, 9.17) is 4.74 Å². The number of carbonyl (C=O) groups excluding carboxylic acids is 1. The van der Waals surface area contributed by atoms with Crippen molar-refractivity contribution in [2.24, 2.45) is 5.92 Å². The summed E-state index contributed by atoms with van der Waals surface area (Å²) in [6, 6.07) is 0.795. The lowest BCUT2D eigenvalue weighted by atomic mass is 10.1. The number of hydrogen-bond donors (Lipinski definition) is 0. The molecule has 0 bridgehead atoms. The molecule has 3 heteroatoms. The lowest BCUT2D eigenvalue weighted by Crippen LogP contribution is -2.41. The Labute approximate surface area is 92.8 Å². The van der Waals surface area contributed by atoms with E-state index in [9.17, 15) is 4.79 Å². The fourth-order valence-electron chi connectivity index (χ4n) is 1.94. The van der Waals surface area contributed by atoms with Gasteiger partial charge in [0.2, 0.25) is 0 Å². The highest BCUT2D eigenvalue weighted by atomic mass is 16.5. The number of hydrogen-bond acceptors (Lipinski definition) is 3. The van der Waals surface area contributed by atoms with Crippen molar-refractivity contribution in [1.29, 1.82) is 0 Å². The normalized spacial score (nSPS) is 18.3. The molecule has 3 nitrogen and oxygen atoms in total. The second kappa shape index (κ2) is 5.50. The van der Waals surface area contributed by atoms with Crippen molar-refractivity contribution in [3.05, 3.63) is 0 Å². The minimum Gasteiger partial charge on any atom is -0.469 e. The van der Waals surface area contributed by atoms with E-state index in [1.54, 1.807) is 0 Å². The van der Waals surface area contributed by atoms with Gasteiger partial charge in [-0.05, 0) is 39.5 Å². The number of ether oxygens (including phenoxy) is 1. The zero-order chi connectivity index (χ0) is 11.4. The molecule has 0 spiro atoms. The van der Waals surface area contributed by atoms with Crippen molar-refractivity contribution in [2.45, 2.75) is 52.1 Å². The molecule has 0 heterocycles. The van der Waals surface area contributed by atoms with Crippen LogP contribution in [0, 0.1) is 5.92 Å². The molecule has 1 aliphatic rings. The van der Waals surface area contributed by atoms with E-state index in [1.165, 1.54) is 20.0 Å². The summed E-state index contributed by atoms with van der Waals surface area (Å²) in [7, 11) is 1.45. The molecular weight excluding hydrogens is 190 g/mol. The molecule has 0 N–H and O–H groups in total. The van der Waals surface area contributed by atoms with Crippen molar-refractivity contribution in [2.75, 3.05) is 13.7 Å². The topological polar surface area (TPSA) is 29.5 Å². The van der Waals surface area contributed by atoms with E-state index in [1.807, 2.05) is 0 Å². The number of rotatable bonds is 6. The standard InChI is InChI=1S/C12H23NO2/c1-9(2)13(8-11-5-6-11)10(3)7-12(14)15-4/h9-11H,5-8H2,1-4H3. The van der Waals surface area contributed by atoms with E-state index >= 15 is 0 Å². The summed E-state index contributed by atoms with van der Waals surface area (Å²) < 4.78 is 4.71. The third kappa shape index (κ3) is 4.20. The Hall–Kier alpha value is -0.570. The summed E-state index contributed by atoms with van der Waals surface area (Å²) in [6.45, 7) is 7.63. The number of carbonyl (C=O) groups is 1. The molecule has 0 aromatic rings. The van der Waals surface area contributed by atoms with Crippen LogP contribution in [0.4, 0.5) is 0 Å². The van der Waals surface area contributed by atoms with E-state index < -0.39 is 0 Å². The van der Waals surface area contributed by atoms with Crippen molar-refractivity contribution in [3.8, 4) is 0 Å². The van der Waals surface area contributed by atoms with Crippen LogP contribution in [0.15, 0.2) is 0 Å². The summed E-state index contributed by atoms with van der Waals surface area (Å²) in [5, 5.41) is 0. The van der Waals surface area contributed by atoms with Crippen LogP contribution in [-0.4, -0.2) is 36.6 Å². The molecular formula is C12H23NO2. The first-order chi connectivity index (χ1) is 7.04. The maximum atomic E-state index is 11.2. The highest BCUT2D eigenvalue weighted by molar-refractivity contribution is 5.69. The molecule has 0 aliphatic heterocycles. The molecule has 0 saturated heterocycles. The van der Waals surface area contributed by atoms with Gasteiger partial charge in [0.15, 0.2) is 0 Å². The van der Waals surface area contributed by atoms with Crippen LogP contribution in [-0.2, 0) is 9.53 Å². The minimum atomic E-state index is -0.107. The molecule has 0 amide bonds. The number of nitrogens with zero attached hydrogens (tertiary/aromatic N) is 1. The molecule has 0 aromatic heterocycles. The molecule has 0 aromatic carbocycles. The lowest BCUT2D eigenvalue weighted by Gasteiger charge is -2.32. The summed E-state index contributed by atoms with van der Waals surface area (Å²) in [5.41, 5.74) is 0. The fraction of sp³-hybridized carbons (Fsp3) is 0.917. The first-order valence-corrected chi connectivity index (χ1v) is 5.87. The largest absolute Gasteiger partial charge is 0.469 e. The first kappa shape index (κ1) is 12.5. The van der Waals surface area contributed by atoms with Crippen molar-refractivity contribution in [3.63, 3.8) is 0 Å². The van der Waals surface area contributed by atoms with Crippen LogP contribution in [0.2, 0.25) is 0 Å². The second-order valence-corrected chi connectivity index (χ2v) is 4.86. The highest BCUT2D eigenvalue weighted by Gasteiger charge is 2.28. The molecule has 1 fully saturated rings. The van der Waals surface area contributed by atoms with Gasteiger partial charge in [-0.15, -0.1) is 0 Å². The lowest BCUT2D eigenvalue weighted by molar-refractivity contribution is -0.142. The Morgan fingerprint density at radius 2 is 2.00 bits per heavy atom. The average molecular weight is 213 g/mol. The zero-order valence-electron chi connectivity index (χ0n) is 10.3. The molecule has 1 atom stereocenters. The van der Waals surface area contributed by atoms with Crippen LogP contribution < -0.4 is 0 Å². The van der Waals surface area contributed by atoms with Crippen molar-refractivity contribution >= 4 is 5.97 Å². The van der Waals surface area contributed by atoms with Gasteiger partial charge in [0.25, 0.3) is 0 Å². The maximum Gasteiger partial charge on any atom is 0.307 e. The molecule has 0 radical (unpaired) electrons. The van der Waals surface area contributed by atoms with E-state index in [2.05, 4.69) is 25.7 Å². The van der Waals surface area contributed by atoms with Crippen LogP contribution >= 0.6 is 0 Å². The van der Waals surface area contributed by atoms with Crippen LogP contribution in [0.25, 0.3) is 0 Å². The molecule has 1 aliphatic carbocycles. The number of esters is 1. The molecule has 1 unspecified atom stereocenters. The Kier molecular flexibility index (Phi) is 4.58. The van der Waals surface area contributed by atoms with Gasteiger partial charge in [-0.3, -0.25) is 9.69 Å². The summed E-state index contributed by atoms with van der Waals surface area (Å²) in [5.74, 6) is 0.761. The molecule has 88 valence electrons. The van der Waals surface area contributed by atoms with E-state index in [0.29, 0.717) is 12.5 Å². The Balaban J connectivity index is 2.42.